The van der Waals surface area contributed by atoms with E-state index in [1.54, 1.807) is 116 Å². The van der Waals surface area contributed by atoms with Gasteiger partial charge < -0.3 is 64.7 Å². The second-order valence-corrected chi connectivity index (χ2v) is 24.6. The lowest BCUT2D eigenvalue weighted by Gasteiger charge is -2.11. The van der Waals surface area contributed by atoms with Crippen LogP contribution in [-0.2, 0) is 12.4 Å². The number of hydrogen-bond donors (Lipinski definition) is 2. The van der Waals surface area contributed by atoms with Gasteiger partial charge in [0, 0.05) is 55.3 Å². The van der Waals surface area contributed by atoms with E-state index in [1.807, 2.05) is 120 Å². The number of nitrogens with one attached hydrogen (secondary N) is 2. The third-order valence-electron chi connectivity index (χ3n) is 17.0. The van der Waals surface area contributed by atoms with Gasteiger partial charge in [0.1, 0.15) is 22.8 Å². The van der Waals surface area contributed by atoms with Crippen LogP contribution in [0.25, 0.3) is 158 Å². The van der Waals surface area contributed by atoms with E-state index < -0.39 is 23.9 Å². The lowest BCUT2D eigenvalue weighted by molar-refractivity contribution is -0.152. The number of aromatic nitrogens is 12. The average molecular weight is 1520 g/mol. The molecule has 0 amide bonds. The maximum atomic E-state index is 13.5. The van der Waals surface area contributed by atoms with E-state index in [4.69, 9.17) is 54.7 Å². The maximum Gasteiger partial charge on any atom is 0.450 e. The number of benzene rings is 8. The quantitative estimate of drug-likeness (QED) is 0.0754. The fraction of sp³-hybridized carbons (Fsp3) is 0.146. The predicted molar refractivity (Wildman–Crippen MR) is 399 cm³/mol. The Labute approximate surface area is 630 Å². The van der Waals surface area contributed by atoms with Crippen molar-refractivity contribution in [3.63, 3.8) is 0 Å². The smallest absolute Gasteiger partial charge is 0.450 e. The molecule has 0 aliphatic carbocycles. The highest BCUT2D eigenvalue weighted by molar-refractivity contribution is 5.85. The molecule has 564 valence electrons. The van der Waals surface area contributed by atoms with Crippen molar-refractivity contribution in [1.82, 2.24) is 60.5 Å². The molecule has 0 atom stereocenters. The molecule has 8 aromatic carbocycles. The highest BCUT2D eigenvalue weighted by atomic mass is 19.4. The molecule has 0 aliphatic heterocycles. The first-order valence-corrected chi connectivity index (χ1v) is 34.9. The first kappa shape index (κ1) is 73.2. The molecule has 0 saturated carbocycles. The Hall–Kier alpha value is -14.3. The van der Waals surface area contributed by atoms with Gasteiger partial charge in [-0.05, 0) is 186 Å². The number of aromatic amines is 2. The maximum absolute atomic E-state index is 13.5. The van der Waals surface area contributed by atoms with Gasteiger partial charge in [-0.3, -0.25) is 0 Å². The van der Waals surface area contributed by atoms with E-state index in [2.05, 4.69) is 60.5 Å². The van der Waals surface area contributed by atoms with Crippen molar-refractivity contribution < 1.29 is 81.1 Å². The molecule has 0 unspecified atom stereocenters. The Balaban J connectivity index is 0.000000118. The summed E-state index contributed by atoms with van der Waals surface area (Å²) in [5.74, 6) is 3.89. The number of alkyl halides is 6. The minimum atomic E-state index is -4.67. The van der Waals surface area contributed by atoms with Gasteiger partial charge in [0.25, 0.3) is 23.6 Å². The molecule has 10 aromatic heterocycles. The van der Waals surface area contributed by atoms with Crippen molar-refractivity contribution in [1.29, 1.82) is 0 Å². The van der Waals surface area contributed by atoms with Crippen molar-refractivity contribution in [3.05, 3.63) is 230 Å². The number of furan rings is 4. The summed E-state index contributed by atoms with van der Waals surface area (Å²) in [5, 5.41) is 17.8. The van der Waals surface area contributed by atoms with Crippen molar-refractivity contribution in [2.45, 2.75) is 53.9 Å². The Morgan fingerprint density at radius 1 is 0.339 bits per heavy atom. The molecular formula is C82H62F6N12O12. The number of hydrogen-bond acceptors (Lipinski definition) is 22. The Morgan fingerprint density at radius 3 is 1.07 bits per heavy atom. The first-order valence-electron chi connectivity index (χ1n) is 34.9. The molecule has 112 heavy (non-hydrogen) atoms. The number of fused-ring (bicyclic) bond motifs is 4. The van der Waals surface area contributed by atoms with Gasteiger partial charge in [0.15, 0.2) is 34.5 Å². The Kier molecular flexibility index (Phi) is 20.6. The van der Waals surface area contributed by atoms with Gasteiger partial charge >= 0.3 is 12.4 Å². The zero-order valence-electron chi connectivity index (χ0n) is 60.1. The molecule has 0 saturated heterocycles. The fourth-order valence-electron chi connectivity index (χ4n) is 12.0. The molecule has 2 N–H and O–H groups in total. The molecule has 0 spiro atoms. The van der Waals surface area contributed by atoms with Crippen LogP contribution < -0.4 is 18.9 Å². The summed E-state index contributed by atoms with van der Waals surface area (Å²) < 4.78 is 146. The minimum absolute atomic E-state index is 0.0901. The Morgan fingerprint density at radius 2 is 0.688 bits per heavy atom. The van der Waals surface area contributed by atoms with E-state index in [-0.39, 0.29) is 46.1 Å². The number of imidazole rings is 2. The second-order valence-electron chi connectivity index (χ2n) is 24.6. The monoisotopic (exact) mass is 1520 g/mol. The number of aryl methyl sites for hydroxylation is 2. The van der Waals surface area contributed by atoms with Gasteiger partial charge in [-0.25, -0.2) is 9.97 Å². The average Bonchev–Trinajstić information content (AvgIpc) is 1.64. The van der Waals surface area contributed by atoms with Crippen LogP contribution in [0.2, 0.25) is 0 Å². The number of rotatable bonds is 18. The molecule has 0 bridgehead atoms. The molecular weight excluding hydrogens is 1460 g/mol. The largest absolute Gasteiger partial charge is 0.490 e. The molecule has 0 fully saturated rings. The topological polar surface area (TPSA) is 303 Å². The summed E-state index contributed by atoms with van der Waals surface area (Å²) in [6.45, 7) is 13.7. The van der Waals surface area contributed by atoms with Crippen molar-refractivity contribution >= 4 is 44.0 Å². The summed E-state index contributed by atoms with van der Waals surface area (Å²) in [7, 11) is 0. The molecule has 0 radical (unpaired) electrons. The van der Waals surface area contributed by atoms with E-state index >= 15 is 0 Å². The van der Waals surface area contributed by atoms with Gasteiger partial charge in [0.05, 0.1) is 61.0 Å². The van der Waals surface area contributed by atoms with E-state index in [0.717, 1.165) is 72.3 Å². The van der Waals surface area contributed by atoms with Crippen LogP contribution in [0.3, 0.4) is 0 Å². The lowest BCUT2D eigenvalue weighted by atomic mass is 10.1. The van der Waals surface area contributed by atoms with Crippen molar-refractivity contribution in [3.8, 4) is 137 Å². The van der Waals surface area contributed by atoms with Crippen LogP contribution in [0.1, 0.15) is 50.9 Å². The molecule has 30 heteroatoms. The summed E-state index contributed by atoms with van der Waals surface area (Å²) >= 11 is 0. The zero-order chi connectivity index (χ0) is 77.6. The molecule has 24 nitrogen and oxygen atoms in total. The van der Waals surface area contributed by atoms with Crippen LogP contribution in [0.15, 0.2) is 242 Å². The summed E-state index contributed by atoms with van der Waals surface area (Å²) in [5.41, 5.74) is 10.1. The third kappa shape index (κ3) is 16.0. The number of H-pyrrole nitrogens is 2. The Bertz CT molecular complexity index is 6280. The van der Waals surface area contributed by atoms with Gasteiger partial charge in [-0.2, -0.15) is 46.3 Å². The van der Waals surface area contributed by atoms with Gasteiger partial charge in [-0.15, -0.1) is 0 Å². The van der Waals surface area contributed by atoms with Gasteiger partial charge in [-0.1, -0.05) is 81.3 Å². The van der Waals surface area contributed by atoms with Crippen LogP contribution in [0.5, 0.6) is 23.0 Å². The second kappa shape index (κ2) is 31.5. The summed E-state index contributed by atoms with van der Waals surface area (Å²) in [6, 6.07) is 56.0. The molecule has 10 heterocycles. The normalized spacial score (nSPS) is 11.5. The van der Waals surface area contributed by atoms with E-state index in [1.165, 1.54) is 12.1 Å². The fourth-order valence-corrected chi connectivity index (χ4v) is 12.0. The van der Waals surface area contributed by atoms with Crippen molar-refractivity contribution in [2.24, 2.45) is 0 Å². The number of ether oxygens (including phenoxy) is 4. The van der Waals surface area contributed by atoms with Crippen LogP contribution >= 0.6 is 0 Å². The SMILES string of the molecule is CCOc1ccc(-c2nc(-c3ccc4nc(C)[nH]c4c3)no2)cc1OCC.CCOc1ccc(-c2nc(-c3ccc4occc4c3)no2)cc1OCC.Cc1nc2ccc(-c3noc(-c4cc(-c5ccccc5)c(C(F)(F)F)o4)n3)cc2[nH]1.FC(F)(F)c1oc(-c2nc(-c3ccc4occc4c3)no2)cc1-c1ccccc1. The van der Waals surface area contributed by atoms with Crippen LogP contribution in [0.4, 0.5) is 26.3 Å². The van der Waals surface area contributed by atoms with Crippen molar-refractivity contribution in [2.75, 3.05) is 26.4 Å². The summed E-state index contributed by atoms with van der Waals surface area (Å²) in [6.07, 6.45) is -6.12. The number of nitrogens with zero attached hydrogens (tertiary/aromatic N) is 10. The lowest BCUT2D eigenvalue weighted by Crippen LogP contribution is -2.04. The minimum Gasteiger partial charge on any atom is -0.490 e. The molecule has 0 aliphatic rings. The standard InChI is InChI=1S/C21H13F3N4O2.C21H11F3N2O3.C20H20N4O3.C20H18N2O4/c1-11-25-15-8-7-13(9-16(15)26-11)19-27-20(30-28-19)17-10-14(12-5-3-2-4-6-12)18(29-17)21(22,23)24;22-21(23,24)18-15(12-4-2-1-3-5-12)11-17(28-18)20-25-19(26-29-20)14-6-7-16-13(10-14)8-9-27-16;1-4-25-17-9-7-14(11-18(17)26-5-2)20-23-19(24-27-20)13-6-8-15-16(10-13)22-12(3)21-15;1-3-23-17-8-6-15(12-18(17)24-4-2)20-21-19(22-26-20)14-5-7-16-13(11-14)9-10-25-16/h2-10H,1H3,(H,25,26);1-11H;6-11H,4-5H2,1-3H3,(H,21,22);5-12H,3-4H2,1-2H3. The van der Waals surface area contributed by atoms with Crippen LogP contribution in [0, 0.1) is 13.8 Å². The predicted octanol–water partition coefficient (Wildman–Crippen LogP) is 21.6. The van der Waals surface area contributed by atoms with Crippen LogP contribution in [-0.4, -0.2) is 86.9 Å². The van der Waals surface area contributed by atoms with E-state index in [0.29, 0.717) is 101 Å². The molecule has 18 rings (SSSR count). The third-order valence-corrected chi connectivity index (χ3v) is 17.0. The highest BCUT2D eigenvalue weighted by Gasteiger charge is 2.41. The summed E-state index contributed by atoms with van der Waals surface area (Å²) in [4.78, 5) is 32.5. The van der Waals surface area contributed by atoms with Gasteiger partial charge in [0.2, 0.25) is 34.8 Å². The zero-order valence-corrected chi connectivity index (χ0v) is 60.1. The van der Waals surface area contributed by atoms with E-state index in [9.17, 15) is 26.3 Å². The first-order chi connectivity index (χ1) is 54.3. The molecule has 18 aromatic rings. The number of halogens is 6. The highest BCUT2D eigenvalue weighted by Crippen LogP contribution is 2.45.